The highest BCUT2D eigenvalue weighted by atomic mass is 79.9. The molecule has 19 heavy (non-hydrogen) atoms. The summed E-state index contributed by atoms with van der Waals surface area (Å²) in [7, 11) is -3.80. The largest absolute Gasteiger partial charge is 0.395 e. The molecule has 0 aromatic heterocycles. The Kier molecular flexibility index (Phi) is 6.25. The van der Waals surface area contributed by atoms with Gasteiger partial charge in [-0.3, -0.25) is 0 Å². The zero-order chi connectivity index (χ0) is 14.6. The minimum absolute atomic E-state index is 0.139. The molecule has 0 aliphatic carbocycles. The van der Waals surface area contributed by atoms with Crippen molar-refractivity contribution in [1.82, 2.24) is 4.72 Å². The first kappa shape index (κ1) is 16.9. The maximum atomic E-state index is 13.4. The molecular formula is C11H15BrFNO3S2. The Balaban J connectivity index is 2.95. The number of rotatable bonds is 6. The normalized spacial score (nSPS) is 15.2. The smallest absolute Gasteiger partial charge is 0.240 e. The van der Waals surface area contributed by atoms with Crippen LogP contribution in [-0.2, 0) is 10.0 Å². The first-order chi connectivity index (χ1) is 8.81. The molecule has 0 amide bonds. The van der Waals surface area contributed by atoms with Crippen molar-refractivity contribution in [3.05, 3.63) is 28.5 Å². The van der Waals surface area contributed by atoms with Crippen molar-refractivity contribution >= 4 is 37.7 Å². The Morgan fingerprint density at radius 3 is 2.63 bits per heavy atom. The molecule has 1 aromatic rings. The fraction of sp³-hybridized carbons (Fsp3) is 0.455. The van der Waals surface area contributed by atoms with Gasteiger partial charge in [0.1, 0.15) is 5.82 Å². The molecule has 1 rings (SSSR count). The van der Waals surface area contributed by atoms with Crippen molar-refractivity contribution in [3.8, 4) is 0 Å². The van der Waals surface area contributed by atoms with E-state index >= 15 is 0 Å². The first-order valence-corrected chi connectivity index (χ1v) is 8.99. The van der Waals surface area contributed by atoms with Gasteiger partial charge in [-0.25, -0.2) is 17.5 Å². The number of sulfonamides is 1. The molecule has 0 aliphatic rings. The maximum absolute atomic E-state index is 13.4. The number of aliphatic hydroxyl groups excluding tert-OH is 1. The van der Waals surface area contributed by atoms with Gasteiger partial charge < -0.3 is 5.11 Å². The molecule has 0 heterocycles. The SMILES string of the molecule is CSC(CO)C(C)NS(=O)(=O)c1ccc(Br)c(F)c1. The second-order valence-electron chi connectivity index (χ2n) is 3.94. The van der Waals surface area contributed by atoms with Crippen LogP contribution in [0, 0.1) is 5.82 Å². The van der Waals surface area contributed by atoms with Crippen LogP contribution < -0.4 is 4.72 Å². The average molecular weight is 372 g/mol. The molecule has 0 spiro atoms. The van der Waals surface area contributed by atoms with Gasteiger partial charge in [-0.1, -0.05) is 0 Å². The molecule has 2 atom stereocenters. The molecule has 0 saturated carbocycles. The minimum atomic E-state index is -3.80. The van der Waals surface area contributed by atoms with Crippen LogP contribution in [0.2, 0.25) is 0 Å². The number of halogens is 2. The predicted molar refractivity (Wildman–Crippen MR) is 78.3 cm³/mol. The summed E-state index contributed by atoms with van der Waals surface area (Å²) in [5.41, 5.74) is 0. The van der Waals surface area contributed by atoms with Gasteiger partial charge in [0, 0.05) is 11.3 Å². The lowest BCUT2D eigenvalue weighted by Gasteiger charge is -2.21. The summed E-state index contributed by atoms with van der Waals surface area (Å²) in [5.74, 6) is -0.640. The van der Waals surface area contributed by atoms with E-state index in [4.69, 9.17) is 5.11 Å². The van der Waals surface area contributed by atoms with Gasteiger partial charge in [-0.2, -0.15) is 11.8 Å². The van der Waals surface area contributed by atoms with Crippen molar-refractivity contribution in [1.29, 1.82) is 0 Å². The van der Waals surface area contributed by atoms with E-state index in [2.05, 4.69) is 20.7 Å². The van der Waals surface area contributed by atoms with Crippen molar-refractivity contribution in [2.75, 3.05) is 12.9 Å². The van der Waals surface area contributed by atoms with Crippen LogP contribution in [0.1, 0.15) is 6.92 Å². The van der Waals surface area contributed by atoms with Crippen LogP contribution in [0.3, 0.4) is 0 Å². The summed E-state index contributed by atoms with van der Waals surface area (Å²) in [4.78, 5) is -0.141. The molecule has 8 heteroatoms. The quantitative estimate of drug-likeness (QED) is 0.802. The lowest BCUT2D eigenvalue weighted by molar-refractivity contribution is 0.282. The lowest BCUT2D eigenvalue weighted by Crippen LogP contribution is -2.41. The summed E-state index contributed by atoms with van der Waals surface area (Å²) in [6.45, 7) is 1.52. The molecule has 1 aromatic carbocycles. The molecule has 0 fully saturated rings. The van der Waals surface area contributed by atoms with Gasteiger partial charge in [-0.15, -0.1) is 0 Å². The molecule has 2 N–H and O–H groups in total. The average Bonchev–Trinajstić information content (AvgIpc) is 2.33. The molecule has 0 saturated heterocycles. The van der Waals surface area contributed by atoms with Crippen LogP contribution in [0.15, 0.2) is 27.6 Å². The van der Waals surface area contributed by atoms with E-state index in [0.29, 0.717) is 0 Å². The van der Waals surface area contributed by atoms with Gasteiger partial charge in [0.15, 0.2) is 0 Å². The van der Waals surface area contributed by atoms with E-state index in [-0.39, 0.29) is 21.2 Å². The summed E-state index contributed by atoms with van der Waals surface area (Å²) in [6, 6.07) is 3.14. The van der Waals surface area contributed by atoms with Crippen LogP contribution in [0.4, 0.5) is 4.39 Å². The topological polar surface area (TPSA) is 66.4 Å². The van der Waals surface area contributed by atoms with Crippen LogP contribution in [-0.4, -0.2) is 37.7 Å². The van der Waals surface area contributed by atoms with E-state index in [9.17, 15) is 12.8 Å². The molecule has 2 unspecified atom stereocenters. The molecule has 0 bridgehead atoms. The predicted octanol–water partition coefficient (Wildman–Crippen LogP) is 1.98. The third kappa shape index (κ3) is 4.42. The second kappa shape index (κ2) is 7.03. The van der Waals surface area contributed by atoms with Crippen molar-refractivity contribution in [2.24, 2.45) is 0 Å². The van der Waals surface area contributed by atoms with Crippen molar-refractivity contribution < 1.29 is 17.9 Å². The van der Waals surface area contributed by atoms with Crippen molar-refractivity contribution in [3.63, 3.8) is 0 Å². The highest BCUT2D eigenvalue weighted by Gasteiger charge is 2.23. The van der Waals surface area contributed by atoms with Gasteiger partial charge in [0.2, 0.25) is 10.0 Å². The summed E-state index contributed by atoms with van der Waals surface area (Å²) < 4.78 is 40.1. The third-order valence-corrected chi connectivity index (χ3v) is 5.95. The van der Waals surface area contributed by atoms with E-state index in [1.807, 2.05) is 0 Å². The van der Waals surface area contributed by atoms with Crippen molar-refractivity contribution in [2.45, 2.75) is 23.1 Å². The standard InChI is InChI=1S/C11H15BrFNO3S2/c1-7(11(6-15)18-2)14-19(16,17)8-3-4-9(12)10(13)5-8/h3-5,7,11,14-15H,6H2,1-2H3. The Morgan fingerprint density at radius 2 is 2.16 bits per heavy atom. The van der Waals surface area contributed by atoms with Crippen LogP contribution in [0.25, 0.3) is 0 Å². The van der Waals surface area contributed by atoms with E-state index < -0.39 is 21.9 Å². The second-order valence-corrected chi connectivity index (χ2v) is 7.59. The van der Waals surface area contributed by atoms with Gasteiger partial charge in [0.05, 0.1) is 16.0 Å². The number of hydrogen-bond acceptors (Lipinski definition) is 4. The number of benzene rings is 1. The fourth-order valence-electron chi connectivity index (χ4n) is 1.47. The number of thioether (sulfide) groups is 1. The van der Waals surface area contributed by atoms with Crippen LogP contribution in [0.5, 0.6) is 0 Å². The molecule has 0 radical (unpaired) electrons. The highest BCUT2D eigenvalue weighted by molar-refractivity contribution is 9.10. The first-order valence-electron chi connectivity index (χ1n) is 5.43. The Morgan fingerprint density at radius 1 is 1.53 bits per heavy atom. The number of hydrogen-bond donors (Lipinski definition) is 2. The van der Waals surface area contributed by atoms with Crippen LogP contribution >= 0.6 is 27.7 Å². The third-order valence-electron chi connectivity index (χ3n) is 2.58. The van der Waals surface area contributed by atoms with E-state index in [1.54, 1.807) is 13.2 Å². The Labute approximate surface area is 125 Å². The zero-order valence-corrected chi connectivity index (χ0v) is 13.6. The molecule has 4 nitrogen and oxygen atoms in total. The van der Waals surface area contributed by atoms with Gasteiger partial charge in [-0.05, 0) is 47.3 Å². The zero-order valence-electron chi connectivity index (χ0n) is 10.4. The summed E-state index contributed by atoms with van der Waals surface area (Å²) in [6.07, 6.45) is 1.78. The Hall–Kier alpha value is -0.150. The molecule has 0 aliphatic heterocycles. The van der Waals surface area contributed by atoms with E-state index in [0.717, 1.165) is 6.07 Å². The monoisotopic (exact) mass is 371 g/mol. The lowest BCUT2D eigenvalue weighted by atomic mass is 10.3. The fourth-order valence-corrected chi connectivity index (χ4v) is 3.72. The highest BCUT2D eigenvalue weighted by Crippen LogP contribution is 2.20. The Bertz CT molecular complexity index is 535. The summed E-state index contributed by atoms with van der Waals surface area (Å²) >= 11 is 4.33. The van der Waals surface area contributed by atoms with Gasteiger partial charge >= 0.3 is 0 Å². The molecule has 108 valence electrons. The van der Waals surface area contributed by atoms with E-state index in [1.165, 1.54) is 23.9 Å². The minimum Gasteiger partial charge on any atom is -0.395 e. The maximum Gasteiger partial charge on any atom is 0.240 e. The number of aliphatic hydroxyl groups is 1. The molecular weight excluding hydrogens is 357 g/mol. The summed E-state index contributed by atoms with van der Waals surface area (Å²) in [5, 5.41) is 8.87. The number of nitrogens with one attached hydrogen (secondary N) is 1. The van der Waals surface area contributed by atoms with Gasteiger partial charge in [0.25, 0.3) is 0 Å².